The van der Waals surface area contributed by atoms with Gasteiger partial charge in [-0.25, -0.2) is 13.1 Å². The second-order valence-corrected chi connectivity index (χ2v) is 9.64. The summed E-state index contributed by atoms with van der Waals surface area (Å²) in [6.07, 6.45) is 4.43. The van der Waals surface area contributed by atoms with Gasteiger partial charge in [0.25, 0.3) is 0 Å². The molecule has 1 aliphatic carbocycles. The molecule has 2 N–H and O–H groups in total. The van der Waals surface area contributed by atoms with Gasteiger partial charge < -0.3 is 9.88 Å². The number of aryl methyl sites for hydroxylation is 1. The van der Waals surface area contributed by atoms with Gasteiger partial charge in [-0.3, -0.25) is 4.79 Å². The van der Waals surface area contributed by atoms with Crippen LogP contribution in [0.1, 0.15) is 37.1 Å². The highest BCUT2D eigenvalue weighted by Gasteiger charge is 2.19. The zero-order valence-electron chi connectivity index (χ0n) is 16.0. The summed E-state index contributed by atoms with van der Waals surface area (Å²) in [7, 11) is -1.87. The lowest BCUT2D eigenvalue weighted by molar-refractivity contribution is -0.119. The van der Waals surface area contributed by atoms with E-state index in [1.165, 1.54) is 24.6 Å². The van der Waals surface area contributed by atoms with Crippen LogP contribution in [-0.2, 0) is 28.4 Å². The summed E-state index contributed by atoms with van der Waals surface area (Å²) < 4.78 is 29.0. The van der Waals surface area contributed by atoms with Gasteiger partial charge >= 0.3 is 0 Å². The van der Waals surface area contributed by atoms with Crippen molar-refractivity contribution in [1.82, 2.24) is 24.8 Å². The van der Waals surface area contributed by atoms with Crippen molar-refractivity contribution >= 4 is 27.7 Å². The van der Waals surface area contributed by atoms with Crippen LogP contribution in [0.3, 0.4) is 0 Å². The number of amides is 1. The molecule has 3 rings (SSSR count). The molecular weight excluding hydrogens is 398 g/mol. The van der Waals surface area contributed by atoms with Crippen LogP contribution in [0.25, 0.3) is 0 Å². The minimum atomic E-state index is -3.62. The lowest BCUT2D eigenvalue weighted by Crippen LogP contribution is -2.33. The molecular formula is C18H25N5O3S2. The summed E-state index contributed by atoms with van der Waals surface area (Å²) >= 11 is 1.29. The van der Waals surface area contributed by atoms with E-state index in [9.17, 15) is 13.2 Å². The number of benzene rings is 1. The van der Waals surface area contributed by atoms with Gasteiger partial charge in [0, 0.05) is 13.1 Å². The summed E-state index contributed by atoms with van der Waals surface area (Å²) in [5.41, 5.74) is 0.992. The zero-order chi connectivity index (χ0) is 20.1. The number of thioether (sulfide) groups is 1. The summed E-state index contributed by atoms with van der Waals surface area (Å²) in [6.45, 7) is 1.92. The van der Waals surface area contributed by atoms with E-state index in [-0.39, 0.29) is 23.1 Å². The average Bonchev–Trinajstić information content (AvgIpc) is 3.29. The molecule has 1 amide bonds. The van der Waals surface area contributed by atoms with Crippen molar-refractivity contribution in [2.75, 3.05) is 5.75 Å². The predicted molar refractivity (Wildman–Crippen MR) is 107 cm³/mol. The third-order valence-corrected chi connectivity index (χ3v) is 7.17. The number of hydrogen-bond acceptors (Lipinski definition) is 6. The van der Waals surface area contributed by atoms with Crippen LogP contribution in [0.15, 0.2) is 34.3 Å². The van der Waals surface area contributed by atoms with Crippen molar-refractivity contribution in [3.8, 4) is 0 Å². The highest BCUT2D eigenvalue weighted by Crippen LogP contribution is 2.19. The Morgan fingerprint density at radius 1 is 1.21 bits per heavy atom. The molecule has 152 valence electrons. The molecule has 0 spiro atoms. The Hall–Kier alpha value is -1.91. The van der Waals surface area contributed by atoms with Crippen LogP contribution in [0, 0.1) is 6.92 Å². The summed E-state index contributed by atoms with van der Waals surface area (Å²) in [5, 5.41) is 11.7. The number of nitrogens with one attached hydrogen (secondary N) is 2. The molecule has 0 unspecified atom stereocenters. The molecule has 1 saturated carbocycles. The van der Waals surface area contributed by atoms with E-state index in [4.69, 9.17) is 0 Å². The highest BCUT2D eigenvalue weighted by atomic mass is 32.2. The molecule has 8 nitrogen and oxygen atoms in total. The van der Waals surface area contributed by atoms with Gasteiger partial charge in [0.1, 0.15) is 5.82 Å². The van der Waals surface area contributed by atoms with Gasteiger partial charge in [-0.05, 0) is 31.9 Å². The molecule has 1 aliphatic rings. The lowest BCUT2D eigenvalue weighted by atomic mass is 10.2. The van der Waals surface area contributed by atoms with Crippen LogP contribution in [0.2, 0.25) is 0 Å². The highest BCUT2D eigenvalue weighted by molar-refractivity contribution is 7.99. The molecule has 1 aromatic carbocycles. The zero-order valence-corrected chi connectivity index (χ0v) is 17.6. The Morgan fingerprint density at radius 3 is 2.57 bits per heavy atom. The Morgan fingerprint density at radius 2 is 1.89 bits per heavy atom. The summed E-state index contributed by atoms with van der Waals surface area (Å²) in [5.74, 6) is 0.730. The van der Waals surface area contributed by atoms with Crippen molar-refractivity contribution in [2.24, 2.45) is 7.05 Å². The van der Waals surface area contributed by atoms with Gasteiger partial charge in [-0.1, -0.05) is 42.3 Å². The molecule has 1 fully saturated rings. The van der Waals surface area contributed by atoms with Gasteiger partial charge in [0.2, 0.25) is 15.9 Å². The van der Waals surface area contributed by atoms with Crippen LogP contribution >= 0.6 is 11.8 Å². The first-order chi connectivity index (χ1) is 13.3. The number of sulfonamides is 1. The van der Waals surface area contributed by atoms with E-state index < -0.39 is 10.0 Å². The topological polar surface area (TPSA) is 106 Å². The molecule has 0 aliphatic heterocycles. The SMILES string of the molecule is Cc1ccc(S(=O)(=O)NCc2nnc(SCC(=O)NC3CCCC3)n2C)cc1. The van der Waals surface area contributed by atoms with E-state index in [1.54, 1.807) is 35.9 Å². The van der Waals surface area contributed by atoms with Crippen molar-refractivity contribution < 1.29 is 13.2 Å². The lowest BCUT2D eigenvalue weighted by Gasteiger charge is -2.11. The summed E-state index contributed by atoms with van der Waals surface area (Å²) in [4.78, 5) is 12.3. The molecule has 1 aromatic heterocycles. The van der Waals surface area contributed by atoms with E-state index >= 15 is 0 Å². The van der Waals surface area contributed by atoms with Gasteiger partial charge in [0.05, 0.1) is 17.2 Å². The molecule has 2 aromatic rings. The first-order valence-electron chi connectivity index (χ1n) is 9.22. The predicted octanol–water partition coefficient (Wildman–Crippen LogP) is 1.75. The minimum Gasteiger partial charge on any atom is -0.353 e. The van der Waals surface area contributed by atoms with Crippen LogP contribution < -0.4 is 10.0 Å². The van der Waals surface area contributed by atoms with Crippen molar-refractivity contribution in [2.45, 2.75) is 55.2 Å². The second-order valence-electron chi connectivity index (χ2n) is 6.93. The fourth-order valence-corrected chi connectivity index (χ4v) is 4.78. The van der Waals surface area contributed by atoms with E-state index in [0.29, 0.717) is 17.0 Å². The monoisotopic (exact) mass is 423 g/mol. The smallest absolute Gasteiger partial charge is 0.240 e. The second kappa shape index (κ2) is 9.06. The fourth-order valence-electron chi connectivity index (χ4n) is 3.05. The van der Waals surface area contributed by atoms with Crippen LogP contribution in [0.4, 0.5) is 0 Å². The van der Waals surface area contributed by atoms with Gasteiger partial charge in [-0.15, -0.1) is 10.2 Å². The number of hydrogen-bond donors (Lipinski definition) is 2. The largest absolute Gasteiger partial charge is 0.353 e. The van der Waals surface area contributed by atoms with Crippen molar-refractivity contribution in [1.29, 1.82) is 0 Å². The first-order valence-corrected chi connectivity index (χ1v) is 11.7. The van der Waals surface area contributed by atoms with Crippen LogP contribution in [0.5, 0.6) is 0 Å². The normalized spacial score (nSPS) is 15.1. The fraction of sp³-hybridized carbons (Fsp3) is 0.500. The van der Waals surface area contributed by atoms with E-state index in [1.807, 2.05) is 6.92 Å². The molecule has 0 radical (unpaired) electrons. The Balaban J connectivity index is 1.54. The molecule has 0 bridgehead atoms. The van der Waals surface area contributed by atoms with Gasteiger partial charge in [0.15, 0.2) is 5.16 Å². The Labute approximate surface area is 169 Å². The number of carbonyl (C=O) groups excluding carboxylic acids is 1. The molecule has 1 heterocycles. The number of nitrogens with zero attached hydrogens (tertiary/aromatic N) is 3. The number of carbonyl (C=O) groups is 1. The average molecular weight is 424 g/mol. The maximum atomic E-state index is 12.4. The third kappa shape index (κ3) is 5.33. The van der Waals surface area contributed by atoms with Gasteiger partial charge in [-0.2, -0.15) is 0 Å². The molecule has 10 heteroatoms. The molecule has 0 atom stereocenters. The number of rotatable bonds is 8. The van der Waals surface area contributed by atoms with Crippen molar-refractivity contribution in [3.63, 3.8) is 0 Å². The molecule has 0 saturated heterocycles. The maximum absolute atomic E-state index is 12.4. The standard InChI is InChI=1S/C18H25N5O3S2/c1-13-7-9-15(10-8-13)28(25,26)19-11-16-21-22-18(23(16)2)27-12-17(24)20-14-5-3-4-6-14/h7-10,14,19H,3-6,11-12H2,1-2H3,(H,20,24). The quantitative estimate of drug-likeness (QED) is 0.627. The number of aromatic nitrogens is 3. The minimum absolute atomic E-state index is 0.0125. The third-order valence-electron chi connectivity index (χ3n) is 4.73. The van der Waals surface area contributed by atoms with Crippen molar-refractivity contribution in [3.05, 3.63) is 35.7 Å². The Bertz CT molecular complexity index is 919. The maximum Gasteiger partial charge on any atom is 0.240 e. The van der Waals surface area contributed by atoms with Crippen LogP contribution in [-0.4, -0.2) is 40.9 Å². The van der Waals surface area contributed by atoms with E-state index in [0.717, 1.165) is 18.4 Å². The summed E-state index contributed by atoms with van der Waals surface area (Å²) in [6, 6.07) is 6.93. The molecule has 28 heavy (non-hydrogen) atoms. The first kappa shape index (κ1) is 20.8. The Kier molecular flexibility index (Phi) is 6.73. The van der Waals surface area contributed by atoms with E-state index in [2.05, 4.69) is 20.2 Å².